The Morgan fingerprint density at radius 3 is 2.62 bits per heavy atom. The topological polar surface area (TPSA) is 40.7 Å². The first-order valence-electron chi connectivity index (χ1n) is 7.32. The van der Waals surface area contributed by atoms with Gasteiger partial charge in [-0.25, -0.2) is 0 Å². The first kappa shape index (κ1) is 13.7. The van der Waals surface area contributed by atoms with Gasteiger partial charge in [0.2, 0.25) is 0 Å². The van der Waals surface area contributed by atoms with Crippen LogP contribution in [-0.4, -0.2) is 10.2 Å². The van der Waals surface area contributed by atoms with Crippen molar-refractivity contribution in [2.75, 3.05) is 5.32 Å². The van der Waals surface area contributed by atoms with E-state index in [4.69, 9.17) is 0 Å². The van der Waals surface area contributed by atoms with Gasteiger partial charge in [0.25, 0.3) is 0 Å². The number of fused-ring (bicyclic) bond motifs is 1. The molecule has 0 aliphatic carbocycles. The molecule has 3 nitrogen and oxygen atoms in total. The molecule has 0 saturated heterocycles. The number of H-pyrrole nitrogens is 1. The highest BCUT2D eigenvalue weighted by Gasteiger charge is 2.11. The van der Waals surface area contributed by atoms with Gasteiger partial charge in [0, 0.05) is 17.1 Å². The second-order valence-corrected chi connectivity index (χ2v) is 5.80. The summed E-state index contributed by atoms with van der Waals surface area (Å²) in [7, 11) is 0. The van der Waals surface area contributed by atoms with E-state index in [9.17, 15) is 0 Å². The Labute approximate surface area is 125 Å². The fourth-order valence-corrected chi connectivity index (χ4v) is 2.85. The number of aromatic amines is 1. The van der Waals surface area contributed by atoms with Gasteiger partial charge in [-0.1, -0.05) is 18.2 Å². The third kappa shape index (κ3) is 2.51. The maximum absolute atomic E-state index is 4.12. The molecule has 2 aromatic carbocycles. The fourth-order valence-electron chi connectivity index (χ4n) is 2.85. The Bertz CT molecular complexity index is 786. The molecule has 0 amide bonds. The molecule has 0 fully saturated rings. The summed E-state index contributed by atoms with van der Waals surface area (Å²) in [4.78, 5) is 0. The van der Waals surface area contributed by atoms with Gasteiger partial charge in [0.05, 0.1) is 11.7 Å². The van der Waals surface area contributed by atoms with Crippen molar-refractivity contribution in [1.29, 1.82) is 0 Å². The van der Waals surface area contributed by atoms with Crippen LogP contribution in [0, 0.1) is 20.8 Å². The standard InChI is InChI=1S/C18H21N3/c1-11-8-13(3)15(9-12(11)2)14(4)20-17-6-5-7-18-16(17)10-19-21-18/h5-10,14,20H,1-4H3,(H,19,21). The molecule has 1 unspecified atom stereocenters. The van der Waals surface area contributed by atoms with Gasteiger partial charge in [-0.3, -0.25) is 5.10 Å². The Morgan fingerprint density at radius 2 is 1.81 bits per heavy atom. The Balaban J connectivity index is 1.95. The van der Waals surface area contributed by atoms with E-state index in [1.807, 2.05) is 18.3 Å². The van der Waals surface area contributed by atoms with E-state index in [0.717, 1.165) is 16.6 Å². The molecule has 0 aliphatic rings. The second kappa shape index (κ2) is 5.24. The molecule has 21 heavy (non-hydrogen) atoms. The van der Waals surface area contributed by atoms with E-state index >= 15 is 0 Å². The minimum atomic E-state index is 0.254. The molecule has 1 heterocycles. The van der Waals surface area contributed by atoms with Crippen LogP contribution in [0.5, 0.6) is 0 Å². The lowest BCUT2D eigenvalue weighted by atomic mass is 9.96. The maximum Gasteiger partial charge on any atom is 0.0671 e. The van der Waals surface area contributed by atoms with E-state index in [2.05, 4.69) is 61.4 Å². The van der Waals surface area contributed by atoms with Crippen molar-refractivity contribution in [3.8, 4) is 0 Å². The zero-order valence-electron chi connectivity index (χ0n) is 13.0. The number of nitrogens with one attached hydrogen (secondary N) is 2. The molecule has 108 valence electrons. The van der Waals surface area contributed by atoms with Crippen LogP contribution in [0.25, 0.3) is 10.9 Å². The summed E-state index contributed by atoms with van der Waals surface area (Å²) in [6.07, 6.45) is 1.87. The van der Waals surface area contributed by atoms with Gasteiger partial charge in [-0.05, 0) is 62.1 Å². The van der Waals surface area contributed by atoms with Gasteiger partial charge in [0.1, 0.15) is 0 Å². The van der Waals surface area contributed by atoms with E-state index in [0.29, 0.717) is 0 Å². The number of benzene rings is 2. The smallest absolute Gasteiger partial charge is 0.0671 e. The Morgan fingerprint density at radius 1 is 1.05 bits per heavy atom. The Hall–Kier alpha value is -2.29. The lowest BCUT2D eigenvalue weighted by molar-refractivity contribution is 0.872. The largest absolute Gasteiger partial charge is 0.378 e. The van der Waals surface area contributed by atoms with Crippen LogP contribution in [0.1, 0.15) is 35.2 Å². The van der Waals surface area contributed by atoms with Gasteiger partial charge >= 0.3 is 0 Å². The number of hydrogen-bond acceptors (Lipinski definition) is 2. The molecule has 1 aromatic heterocycles. The molecule has 0 spiro atoms. The minimum Gasteiger partial charge on any atom is -0.378 e. The third-order valence-corrected chi connectivity index (χ3v) is 4.21. The van der Waals surface area contributed by atoms with Gasteiger partial charge < -0.3 is 5.32 Å². The Kier molecular flexibility index (Phi) is 3.42. The summed E-state index contributed by atoms with van der Waals surface area (Å²) in [5, 5.41) is 11.9. The van der Waals surface area contributed by atoms with Crippen molar-refractivity contribution in [3.63, 3.8) is 0 Å². The molecule has 0 aliphatic heterocycles. The normalized spacial score (nSPS) is 12.6. The van der Waals surface area contributed by atoms with Gasteiger partial charge in [0.15, 0.2) is 0 Å². The highest BCUT2D eigenvalue weighted by molar-refractivity contribution is 5.91. The van der Waals surface area contributed by atoms with Crippen molar-refractivity contribution < 1.29 is 0 Å². The zero-order valence-corrected chi connectivity index (χ0v) is 13.0. The second-order valence-electron chi connectivity index (χ2n) is 5.80. The monoisotopic (exact) mass is 279 g/mol. The van der Waals surface area contributed by atoms with E-state index in [1.54, 1.807) is 0 Å². The lowest BCUT2D eigenvalue weighted by Crippen LogP contribution is -2.09. The number of hydrogen-bond donors (Lipinski definition) is 2. The molecule has 3 rings (SSSR count). The molecule has 3 aromatic rings. The van der Waals surface area contributed by atoms with Crippen molar-refractivity contribution in [2.24, 2.45) is 0 Å². The molecule has 0 saturated carbocycles. The third-order valence-electron chi connectivity index (χ3n) is 4.21. The molecule has 2 N–H and O–H groups in total. The van der Waals surface area contributed by atoms with Crippen LogP contribution in [0.2, 0.25) is 0 Å². The molecule has 0 radical (unpaired) electrons. The first-order chi connectivity index (χ1) is 10.1. The summed E-state index contributed by atoms with van der Waals surface area (Å²) in [6, 6.07) is 11.0. The van der Waals surface area contributed by atoms with Crippen molar-refractivity contribution in [1.82, 2.24) is 10.2 Å². The molecular weight excluding hydrogens is 258 g/mol. The zero-order chi connectivity index (χ0) is 15.0. The van der Waals surface area contributed by atoms with Crippen LogP contribution < -0.4 is 5.32 Å². The number of anilines is 1. The van der Waals surface area contributed by atoms with Gasteiger partial charge in [-0.2, -0.15) is 5.10 Å². The van der Waals surface area contributed by atoms with Crippen LogP contribution >= 0.6 is 0 Å². The number of rotatable bonds is 3. The molecule has 3 heteroatoms. The van der Waals surface area contributed by atoms with Crippen LogP contribution in [0.15, 0.2) is 36.5 Å². The highest BCUT2D eigenvalue weighted by Crippen LogP contribution is 2.28. The average Bonchev–Trinajstić information content (AvgIpc) is 2.92. The van der Waals surface area contributed by atoms with Crippen molar-refractivity contribution in [2.45, 2.75) is 33.7 Å². The molecular formula is C18H21N3. The minimum absolute atomic E-state index is 0.254. The van der Waals surface area contributed by atoms with Gasteiger partial charge in [-0.15, -0.1) is 0 Å². The first-order valence-corrected chi connectivity index (χ1v) is 7.32. The number of aryl methyl sites for hydroxylation is 3. The summed E-state index contributed by atoms with van der Waals surface area (Å²) in [6.45, 7) is 8.71. The van der Waals surface area contributed by atoms with Crippen molar-refractivity contribution in [3.05, 3.63) is 58.8 Å². The quantitative estimate of drug-likeness (QED) is 0.732. The van der Waals surface area contributed by atoms with E-state index < -0.39 is 0 Å². The van der Waals surface area contributed by atoms with Crippen molar-refractivity contribution >= 4 is 16.6 Å². The predicted molar refractivity (Wildman–Crippen MR) is 88.8 cm³/mol. The van der Waals surface area contributed by atoms with Crippen LogP contribution in [0.3, 0.4) is 0 Å². The molecule has 1 atom stereocenters. The highest BCUT2D eigenvalue weighted by atomic mass is 15.1. The molecule has 0 bridgehead atoms. The average molecular weight is 279 g/mol. The van der Waals surface area contributed by atoms with E-state index in [-0.39, 0.29) is 6.04 Å². The lowest BCUT2D eigenvalue weighted by Gasteiger charge is -2.20. The van der Waals surface area contributed by atoms with E-state index in [1.165, 1.54) is 22.3 Å². The number of aromatic nitrogens is 2. The summed E-state index contributed by atoms with van der Waals surface area (Å²) in [5.41, 5.74) is 7.54. The predicted octanol–water partition coefficient (Wildman–Crippen LogP) is 4.66. The number of nitrogens with zero attached hydrogens (tertiary/aromatic N) is 1. The summed E-state index contributed by atoms with van der Waals surface area (Å²) >= 11 is 0. The van der Waals surface area contributed by atoms with Crippen LogP contribution in [0.4, 0.5) is 5.69 Å². The maximum atomic E-state index is 4.12. The summed E-state index contributed by atoms with van der Waals surface area (Å²) < 4.78 is 0. The van der Waals surface area contributed by atoms with Crippen LogP contribution in [-0.2, 0) is 0 Å². The SMILES string of the molecule is Cc1cc(C)c(C(C)Nc2cccc3[nH]ncc23)cc1C. The fraction of sp³-hybridized carbons (Fsp3) is 0.278. The summed E-state index contributed by atoms with van der Waals surface area (Å²) in [5.74, 6) is 0.